The van der Waals surface area contributed by atoms with Crippen LogP contribution in [-0.2, 0) is 4.79 Å². The summed E-state index contributed by atoms with van der Waals surface area (Å²) in [7, 11) is 0. The van der Waals surface area contributed by atoms with Gasteiger partial charge in [0.2, 0.25) is 5.91 Å². The monoisotopic (exact) mass is 239 g/mol. The molecule has 0 bridgehead atoms. The van der Waals surface area contributed by atoms with Gasteiger partial charge in [-0.25, -0.2) is 0 Å². The maximum absolute atomic E-state index is 11.2. The average molecular weight is 239 g/mol. The SMILES string of the molecule is CCC1CN(CC2CCC(=O)N2)C(CC)CN1. The summed E-state index contributed by atoms with van der Waals surface area (Å²) in [6.07, 6.45) is 4.09. The van der Waals surface area contributed by atoms with Crippen molar-refractivity contribution in [3.8, 4) is 0 Å². The van der Waals surface area contributed by atoms with E-state index < -0.39 is 0 Å². The lowest BCUT2D eigenvalue weighted by Crippen LogP contribution is -2.58. The molecule has 3 atom stereocenters. The van der Waals surface area contributed by atoms with Crippen molar-refractivity contribution < 1.29 is 4.79 Å². The molecule has 0 radical (unpaired) electrons. The predicted molar refractivity (Wildman–Crippen MR) is 68.9 cm³/mol. The van der Waals surface area contributed by atoms with Crippen molar-refractivity contribution in [2.24, 2.45) is 0 Å². The molecule has 0 aromatic heterocycles. The molecule has 4 heteroatoms. The van der Waals surface area contributed by atoms with Gasteiger partial charge in [0.25, 0.3) is 0 Å². The molecule has 2 N–H and O–H groups in total. The number of carbonyl (C=O) groups is 1. The Balaban J connectivity index is 1.88. The first-order valence-electron chi connectivity index (χ1n) is 6.99. The van der Waals surface area contributed by atoms with Crippen molar-refractivity contribution in [2.75, 3.05) is 19.6 Å². The third kappa shape index (κ3) is 3.19. The van der Waals surface area contributed by atoms with Crippen LogP contribution in [0.25, 0.3) is 0 Å². The molecule has 17 heavy (non-hydrogen) atoms. The number of carbonyl (C=O) groups excluding carboxylic acids is 1. The van der Waals surface area contributed by atoms with Crippen LogP contribution in [0, 0.1) is 0 Å². The molecule has 0 aromatic carbocycles. The quantitative estimate of drug-likeness (QED) is 0.760. The molecule has 0 saturated carbocycles. The molecular formula is C13H25N3O. The Kier molecular flexibility index (Phi) is 4.40. The number of nitrogens with one attached hydrogen (secondary N) is 2. The second kappa shape index (κ2) is 5.83. The molecule has 98 valence electrons. The van der Waals surface area contributed by atoms with Gasteiger partial charge in [0.15, 0.2) is 0 Å². The van der Waals surface area contributed by atoms with Crippen molar-refractivity contribution in [1.82, 2.24) is 15.5 Å². The molecule has 0 aliphatic carbocycles. The normalized spacial score (nSPS) is 34.9. The number of hydrogen-bond donors (Lipinski definition) is 2. The van der Waals surface area contributed by atoms with E-state index in [2.05, 4.69) is 29.4 Å². The van der Waals surface area contributed by atoms with Crippen LogP contribution < -0.4 is 10.6 Å². The van der Waals surface area contributed by atoms with Crippen LogP contribution in [0.1, 0.15) is 39.5 Å². The van der Waals surface area contributed by atoms with Crippen molar-refractivity contribution in [2.45, 2.75) is 57.7 Å². The van der Waals surface area contributed by atoms with Gasteiger partial charge in [-0.1, -0.05) is 13.8 Å². The van der Waals surface area contributed by atoms with E-state index in [4.69, 9.17) is 0 Å². The molecule has 0 spiro atoms. The zero-order valence-corrected chi connectivity index (χ0v) is 11.0. The van der Waals surface area contributed by atoms with Crippen LogP contribution in [0.2, 0.25) is 0 Å². The standard InChI is InChI=1S/C13H25N3O/c1-3-10-8-16(12(4-2)7-14-10)9-11-5-6-13(17)15-11/h10-12,14H,3-9H2,1-2H3,(H,15,17). The van der Waals surface area contributed by atoms with Crippen molar-refractivity contribution in [1.29, 1.82) is 0 Å². The summed E-state index contributed by atoms with van der Waals surface area (Å²) in [5.41, 5.74) is 0. The highest BCUT2D eigenvalue weighted by atomic mass is 16.1. The van der Waals surface area contributed by atoms with Crippen LogP contribution in [0.5, 0.6) is 0 Å². The molecule has 2 saturated heterocycles. The van der Waals surface area contributed by atoms with E-state index in [0.717, 1.165) is 26.1 Å². The fraction of sp³-hybridized carbons (Fsp3) is 0.923. The first-order chi connectivity index (χ1) is 8.22. The minimum absolute atomic E-state index is 0.227. The molecule has 2 aliphatic rings. The summed E-state index contributed by atoms with van der Waals surface area (Å²) in [5, 5.41) is 6.68. The third-order valence-corrected chi connectivity index (χ3v) is 4.12. The van der Waals surface area contributed by atoms with Crippen molar-refractivity contribution >= 4 is 5.91 Å². The van der Waals surface area contributed by atoms with Gasteiger partial charge in [0.1, 0.15) is 0 Å². The highest BCUT2D eigenvalue weighted by Gasteiger charge is 2.30. The van der Waals surface area contributed by atoms with Gasteiger partial charge in [0, 0.05) is 44.2 Å². The Labute approximate surface area is 104 Å². The van der Waals surface area contributed by atoms with E-state index in [1.807, 2.05) is 0 Å². The molecule has 1 amide bonds. The van der Waals surface area contributed by atoms with E-state index in [1.165, 1.54) is 12.8 Å². The summed E-state index contributed by atoms with van der Waals surface area (Å²) in [6, 6.07) is 1.64. The molecule has 2 aliphatic heterocycles. The maximum Gasteiger partial charge on any atom is 0.220 e. The van der Waals surface area contributed by atoms with Gasteiger partial charge in [-0.2, -0.15) is 0 Å². The lowest BCUT2D eigenvalue weighted by atomic mass is 10.0. The van der Waals surface area contributed by atoms with Crippen LogP contribution in [0.15, 0.2) is 0 Å². The van der Waals surface area contributed by atoms with E-state index >= 15 is 0 Å². The average Bonchev–Trinajstić information content (AvgIpc) is 2.74. The Morgan fingerprint density at radius 2 is 2.12 bits per heavy atom. The molecular weight excluding hydrogens is 214 g/mol. The molecule has 3 unspecified atom stereocenters. The fourth-order valence-electron chi connectivity index (χ4n) is 2.93. The number of hydrogen-bond acceptors (Lipinski definition) is 3. The highest BCUT2D eigenvalue weighted by Crippen LogP contribution is 2.15. The summed E-state index contributed by atoms with van der Waals surface area (Å²) in [4.78, 5) is 13.8. The zero-order valence-electron chi connectivity index (χ0n) is 11.0. The molecule has 2 heterocycles. The summed E-state index contributed by atoms with van der Waals surface area (Å²) >= 11 is 0. The molecule has 2 fully saturated rings. The summed E-state index contributed by atoms with van der Waals surface area (Å²) in [5.74, 6) is 0.227. The fourth-order valence-corrected chi connectivity index (χ4v) is 2.93. The number of piperazine rings is 1. The summed E-state index contributed by atoms with van der Waals surface area (Å²) < 4.78 is 0. The summed E-state index contributed by atoms with van der Waals surface area (Å²) in [6.45, 7) is 7.73. The van der Waals surface area contributed by atoms with Gasteiger partial charge in [0.05, 0.1) is 0 Å². The van der Waals surface area contributed by atoms with E-state index in [1.54, 1.807) is 0 Å². The van der Waals surface area contributed by atoms with E-state index in [-0.39, 0.29) is 5.91 Å². The van der Waals surface area contributed by atoms with Crippen molar-refractivity contribution in [3.05, 3.63) is 0 Å². The smallest absolute Gasteiger partial charge is 0.220 e. The largest absolute Gasteiger partial charge is 0.352 e. The van der Waals surface area contributed by atoms with Crippen LogP contribution in [0.4, 0.5) is 0 Å². The van der Waals surface area contributed by atoms with Gasteiger partial charge in [-0.3, -0.25) is 9.69 Å². The topological polar surface area (TPSA) is 44.4 Å². The van der Waals surface area contributed by atoms with Gasteiger partial charge >= 0.3 is 0 Å². The highest BCUT2D eigenvalue weighted by molar-refractivity contribution is 5.78. The Morgan fingerprint density at radius 1 is 1.29 bits per heavy atom. The Bertz CT molecular complexity index is 269. The third-order valence-electron chi connectivity index (χ3n) is 4.12. The second-order valence-corrected chi connectivity index (χ2v) is 5.33. The molecule has 4 nitrogen and oxygen atoms in total. The first kappa shape index (κ1) is 12.8. The Morgan fingerprint density at radius 3 is 2.71 bits per heavy atom. The Hall–Kier alpha value is -0.610. The number of amides is 1. The van der Waals surface area contributed by atoms with E-state index in [9.17, 15) is 4.79 Å². The van der Waals surface area contributed by atoms with Crippen molar-refractivity contribution in [3.63, 3.8) is 0 Å². The maximum atomic E-state index is 11.2. The minimum Gasteiger partial charge on any atom is -0.352 e. The van der Waals surface area contributed by atoms with Crippen LogP contribution in [0.3, 0.4) is 0 Å². The van der Waals surface area contributed by atoms with Crippen LogP contribution >= 0.6 is 0 Å². The second-order valence-electron chi connectivity index (χ2n) is 5.33. The lowest BCUT2D eigenvalue weighted by molar-refractivity contribution is -0.119. The minimum atomic E-state index is 0.227. The molecule has 2 rings (SSSR count). The first-order valence-corrected chi connectivity index (χ1v) is 6.99. The van der Waals surface area contributed by atoms with E-state index in [0.29, 0.717) is 24.5 Å². The predicted octanol–water partition coefficient (Wildman–Crippen LogP) is 0.727. The number of nitrogens with zero attached hydrogens (tertiary/aromatic N) is 1. The number of rotatable bonds is 4. The van der Waals surface area contributed by atoms with Gasteiger partial charge in [-0.05, 0) is 19.3 Å². The lowest BCUT2D eigenvalue weighted by Gasteiger charge is -2.41. The molecule has 0 aromatic rings. The van der Waals surface area contributed by atoms with Gasteiger partial charge in [-0.15, -0.1) is 0 Å². The zero-order chi connectivity index (χ0) is 12.3. The van der Waals surface area contributed by atoms with Crippen LogP contribution in [-0.4, -0.2) is 48.6 Å². The van der Waals surface area contributed by atoms with Gasteiger partial charge < -0.3 is 10.6 Å².